The Kier molecular flexibility index (Phi) is 5.41. The van der Waals surface area contributed by atoms with Gasteiger partial charge in [-0.05, 0) is 32.0 Å². The molecule has 0 aliphatic heterocycles. The molecule has 112 valence electrons. The van der Waals surface area contributed by atoms with Crippen molar-refractivity contribution in [3.8, 4) is 0 Å². The van der Waals surface area contributed by atoms with Gasteiger partial charge in [0, 0.05) is 15.8 Å². The highest BCUT2D eigenvalue weighted by molar-refractivity contribution is 9.10. The van der Waals surface area contributed by atoms with E-state index in [0.717, 1.165) is 17.0 Å². The molecule has 0 bridgehead atoms. The average Bonchev–Trinajstić information content (AvgIpc) is 2.74. The summed E-state index contributed by atoms with van der Waals surface area (Å²) in [4.78, 5) is 11.8. The summed E-state index contributed by atoms with van der Waals surface area (Å²) < 4.78 is 19.3. The van der Waals surface area contributed by atoms with Gasteiger partial charge >= 0.3 is 0 Å². The maximum atomic E-state index is 13.6. The van der Waals surface area contributed by atoms with E-state index < -0.39 is 5.82 Å². The van der Waals surface area contributed by atoms with E-state index in [0.29, 0.717) is 10.2 Å². The molecule has 0 atom stereocenters. The van der Waals surface area contributed by atoms with Crippen LogP contribution in [-0.2, 0) is 10.5 Å². The third-order valence-corrected chi connectivity index (χ3v) is 4.32. The second-order valence-corrected chi connectivity index (χ2v) is 6.37. The zero-order valence-electron chi connectivity index (χ0n) is 11.6. The Morgan fingerprint density at radius 3 is 2.86 bits per heavy atom. The van der Waals surface area contributed by atoms with Crippen molar-refractivity contribution in [3.63, 3.8) is 0 Å². The van der Waals surface area contributed by atoms with Crippen molar-refractivity contribution in [2.75, 3.05) is 11.1 Å². The lowest BCUT2D eigenvalue weighted by atomic mass is 10.2. The van der Waals surface area contributed by atoms with Gasteiger partial charge in [0.2, 0.25) is 5.91 Å². The molecule has 0 fully saturated rings. The Bertz CT molecular complexity index is 641. The van der Waals surface area contributed by atoms with Crippen molar-refractivity contribution in [3.05, 3.63) is 45.5 Å². The molecule has 0 saturated heterocycles. The van der Waals surface area contributed by atoms with E-state index in [1.807, 2.05) is 13.8 Å². The first kappa shape index (κ1) is 16.0. The Morgan fingerprint density at radius 2 is 2.24 bits per heavy atom. The molecule has 1 amide bonds. The van der Waals surface area contributed by atoms with Crippen molar-refractivity contribution < 1.29 is 13.7 Å². The van der Waals surface area contributed by atoms with E-state index in [1.165, 1.54) is 23.9 Å². The largest absolute Gasteiger partial charge is 0.361 e. The van der Waals surface area contributed by atoms with Gasteiger partial charge < -0.3 is 9.84 Å². The number of rotatable bonds is 5. The number of amides is 1. The number of carbonyl (C=O) groups excluding carboxylic acids is 1. The van der Waals surface area contributed by atoms with E-state index >= 15 is 0 Å². The first-order chi connectivity index (χ1) is 9.97. The number of thioether (sulfide) groups is 1. The second-order valence-electron chi connectivity index (χ2n) is 4.47. The third-order valence-electron chi connectivity index (χ3n) is 2.87. The number of hydrogen-bond donors (Lipinski definition) is 1. The minimum absolute atomic E-state index is 0.182. The van der Waals surface area contributed by atoms with Crippen LogP contribution in [0.3, 0.4) is 0 Å². The van der Waals surface area contributed by atoms with E-state index in [4.69, 9.17) is 4.52 Å². The highest BCUT2D eigenvalue weighted by atomic mass is 79.9. The Morgan fingerprint density at radius 1 is 1.48 bits per heavy atom. The van der Waals surface area contributed by atoms with Gasteiger partial charge in [-0.2, -0.15) is 0 Å². The average molecular weight is 373 g/mol. The van der Waals surface area contributed by atoms with Crippen LogP contribution in [0.5, 0.6) is 0 Å². The number of anilines is 1. The van der Waals surface area contributed by atoms with Gasteiger partial charge in [0.05, 0.1) is 17.1 Å². The quantitative estimate of drug-likeness (QED) is 0.859. The standard InChI is InChI=1S/C14H14BrFN2O2S/c1-8-11(9(2)20-18-8)6-21-7-14(19)17-13-4-3-10(15)5-12(13)16/h3-5H,6-7H2,1-2H3,(H,17,19). The summed E-state index contributed by atoms with van der Waals surface area (Å²) in [5.74, 6) is 0.928. The third kappa shape index (κ3) is 4.31. The van der Waals surface area contributed by atoms with Crippen molar-refractivity contribution in [1.82, 2.24) is 5.16 Å². The number of hydrogen-bond acceptors (Lipinski definition) is 4. The summed E-state index contributed by atoms with van der Waals surface area (Å²) in [7, 11) is 0. The van der Waals surface area contributed by atoms with Gasteiger partial charge in [-0.3, -0.25) is 4.79 Å². The molecule has 0 aliphatic rings. The maximum absolute atomic E-state index is 13.6. The predicted molar refractivity (Wildman–Crippen MR) is 84.9 cm³/mol. The van der Waals surface area contributed by atoms with Crippen molar-refractivity contribution in [2.24, 2.45) is 0 Å². The Hall–Kier alpha value is -1.34. The van der Waals surface area contributed by atoms with Gasteiger partial charge in [0.15, 0.2) is 0 Å². The highest BCUT2D eigenvalue weighted by Crippen LogP contribution is 2.21. The molecular formula is C14H14BrFN2O2S. The molecule has 4 nitrogen and oxygen atoms in total. The second kappa shape index (κ2) is 7.09. The lowest BCUT2D eigenvalue weighted by molar-refractivity contribution is -0.113. The molecule has 0 radical (unpaired) electrons. The molecule has 0 spiro atoms. The van der Waals surface area contributed by atoms with E-state index in [1.54, 1.807) is 6.07 Å². The zero-order valence-corrected chi connectivity index (χ0v) is 14.0. The van der Waals surface area contributed by atoms with Gasteiger partial charge in [-0.15, -0.1) is 11.8 Å². The summed E-state index contributed by atoms with van der Waals surface area (Å²) in [5.41, 5.74) is 2.02. The van der Waals surface area contributed by atoms with Gasteiger partial charge in [0.1, 0.15) is 11.6 Å². The van der Waals surface area contributed by atoms with E-state index in [9.17, 15) is 9.18 Å². The van der Waals surface area contributed by atoms with Crippen LogP contribution in [0.15, 0.2) is 27.2 Å². The first-order valence-corrected chi connectivity index (χ1v) is 8.16. The monoisotopic (exact) mass is 372 g/mol. The number of nitrogens with one attached hydrogen (secondary N) is 1. The lowest BCUT2D eigenvalue weighted by Crippen LogP contribution is -2.15. The van der Waals surface area contributed by atoms with Crippen LogP contribution >= 0.6 is 27.7 Å². The summed E-state index contributed by atoms with van der Waals surface area (Å²) in [6.07, 6.45) is 0. The molecule has 2 aromatic rings. The SMILES string of the molecule is Cc1noc(C)c1CSCC(=O)Nc1ccc(Br)cc1F. The number of carbonyl (C=O) groups is 1. The summed E-state index contributed by atoms with van der Waals surface area (Å²) in [5, 5.41) is 6.41. The first-order valence-electron chi connectivity index (χ1n) is 6.21. The van der Waals surface area contributed by atoms with E-state index in [2.05, 4.69) is 26.4 Å². The fourth-order valence-corrected chi connectivity index (χ4v) is 3.04. The molecular weight excluding hydrogens is 359 g/mol. The molecule has 1 aromatic carbocycles. The number of aromatic nitrogens is 1. The minimum atomic E-state index is -0.464. The number of aryl methyl sites for hydroxylation is 2. The van der Waals surface area contributed by atoms with Gasteiger partial charge in [-0.25, -0.2) is 4.39 Å². The van der Waals surface area contributed by atoms with Crippen molar-refractivity contribution in [2.45, 2.75) is 19.6 Å². The molecule has 1 N–H and O–H groups in total. The molecule has 1 aromatic heterocycles. The van der Waals surface area contributed by atoms with Crippen LogP contribution in [0, 0.1) is 19.7 Å². The van der Waals surface area contributed by atoms with Crippen LogP contribution in [0.2, 0.25) is 0 Å². The van der Waals surface area contributed by atoms with Crippen LogP contribution in [0.1, 0.15) is 17.0 Å². The summed E-state index contributed by atoms with van der Waals surface area (Å²) >= 11 is 4.60. The predicted octanol–water partition coefficient (Wildman–Crippen LogP) is 4.06. The molecule has 0 unspecified atom stereocenters. The van der Waals surface area contributed by atoms with Crippen LogP contribution in [0.25, 0.3) is 0 Å². The molecule has 1 heterocycles. The Balaban J connectivity index is 1.85. The number of nitrogens with zero attached hydrogens (tertiary/aromatic N) is 1. The fourth-order valence-electron chi connectivity index (χ4n) is 1.73. The van der Waals surface area contributed by atoms with E-state index in [-0.39, 0.29) is 17.3 Å². The highest BCUT2D eigenvalue weighted by Gasteiger charge is 2.11. The zero-order chi connectivity index (χ0) is 15.4. The lowest BCUT2D eigenvalue weighted by Gasteiger charge is -2.06. The van der Waals surface area contributed by atoms with Crippen LogP contribution in [-0.4, -0.2) is 16.8 Å². The van der Waals surface area contributed by atoms with Gasteiger partial charge in [-0.1, -0.05) is 21.1 Å². The fraction of sp³-hybridized carbons (Fsp3) is 0.286. The summed E-state index contributed by atoms with van der Waals surface area (Å²) in [6, 6.07) is 4.51. The summed E-state index contributed by atoms with van der Waals surface area (Å²) in [6.45, 7) is 3.71. The number of benzene rings is 1. The normalized spacial score (nSPS) is 10.7. The molecule has 0 aliphatic carbocycles. The van der Waals surface area contributed by atoms with Gasteiger partial charge in [0.25, 0.3) is 0 Å². The Labute approximate surface area is 134 Å². The molecule has 21 heavy (non-hydrogen) atoms. The minimum Gasteiger partial charge on any atom is -0.361 e. The molecule has 0 saturated carbocycles. The topological polar surface area (TPSA) is 55.1 Å². The van der Waals surface area contributed by atoms with Crippen molar-refractivity contribution in [1.29, 1.82) is 0 Å². The number of halogens is 2. The molecule has 7 heteroatoms. The van der Waals surface area contributed by atoms with Crippen LogP contribution in [0.4, 0.5) is 10.1 Å². The maximum Gasteiger partial charge on any atom is 0.234 e. The smallest absolute Gasteiger partial charge is 0.234 e. The molecule has 2 rings (SSSR count). The van der Waals surface area contributed by atoms with Crippen molar-refractivity contribution >= 4 is 39.3 Å². The van der Waals surface area contributed by atoms with Crippen LogP contribution < -0.4 is 5.32 Å².